The minimum Gasteiger partial charge on any atom is -0.444 e. The van der Waals surface area contributed by atoms with Crippen LogP contribution in [0.25, 0.3) is 0 Å². The van der Waals surface area contributed by atoms with Crippen LogP contribution in [0.1, 0.15) is 56.7 Å². The molecule has 1 aliphatic heterocycles. The lowest BCUT2D eigenvalue weighted by atomic mass is 9.97. The number of carbonyl (C=O) groups is 1. The fourth-order valence-electron chi connectivity index (χ4n) is 2.62. The first-order chi connectivity index (χ1) is 9.74. The van der Waals surface area contributed by atoms with Crippen LogP contribution >= 0.6 is 0 Å². The number of nitrogens with zero attached hydrogens (tertiary/aromatic N) is 3. The van der Waals surface area contributed by atoms with Crippen LogP contribution in [0.15, 0.2) is 6.07 Å². The zero-order valence-corrected chi connectivity index (χ0v) is 13.6. The average molecular weight is 291 g/mol. The molecule has 2 heterocycles. The van der Waals surface area contributed by atoms with E-state index in [-0.39, 0.29) is 12.0 Å². The topological polar surface area (TPSA) is 55.3 Å². The van der Waals surface area contributed by atoms with Crippen molar-refractivity contribution in [2.75, 3.05) is 13.1 Å². The normalized spacial score (nSPS) is 19.5. The summed E-state index contributed by atoms with van der Waals surface area (Å²) in [6.07, 6.45) is 1.74. The standard InChI is InChI=1S/C16H25N3O2/c1-11-9-12(2)18-14(17-11)13-7-6-8-19(10-13)15(20)21-16(3,4)5/h9,13H,6-8,10H2,1-5H3/t13-/m1/s1. The highest BCUT2D eigenvalue weighted by Gasteiger charge is 2.29. The molecule has 1 aromatic rings. The molecule has 1 aliphatic rings. The van der Waals surface area contributed by atoms with Crippen LogP contribution in [0.3, 0.4) is 0 Å². The van der Waals surface area contributed by atoms with Gasteiger partial charge < -0.3 is 9.64 Å². The Balaban J connectivity index is 2.08. The number of aromatic nitrogens is 2. The van der Waals surface area contributed by atoms with Crippen LogP contribution in [-0.4, -0.2) is 39.7 Å². The first-order valence-corrected chi connectivity index (χ1v) is 7.55. The molecule has 0 saturated carbocycles. The van der Waals surface area contributed by atoms with Crippen molar-refractivity contribution in [2.24, 2.45) is 0 Å². The van der Waals surface area contributed by atoms with Crippen molar-refractivity contribution in [1.29, 1.82) is 0 Å². The summed E-state index contributed by atoms with van der Waals surface area (Å²) in [4.78, 5) is 23.0. The molecule has 1 fully saturated rings. The van der Waals surface area contributed by atoms with Crippen molar-refractivity contribution in [2.45, 2.75) is 59.0 Å². The molecule has 0 radical (unpaired) electrons. The number of ether oxygens (including phenoxy) is 1. The Labute approximate surface area is 126 Å². The van der Waals surface area contributed by atoms with Gasteiger partial charge in [-0.3, -0.25) is 0 Å². The molecule has 0 aromatic carbocycles. The molecule has 5 nitrogen and oxygen atoms in total. The second-order valence-corrected chi connectivity index (χ2v) is 6.77. The number of aryl methyl sites for hydroxylation is 2. The van der Waals surface area contributed by atoms with E-state index >= 15 is 0 Å². The number of carbonyl (C=O) groups excluding carboxylic acids is 1. The molecular formula is C16H25N3O2. The number of hydrogen-bond acceptors (Lipinski definition) is 4. The molecule has 0 bridgehead atoms. The fraction of sp³-hybridized carbons (Fsp3) is 0.688. The number of likely N-dealkylation sites (tertiary alicyclic amines) is 1. The second-order valence-electron chi connectivity index (χ2n) is 6.77. The fourth-order valence-corrected chi connectivity index (χ4v) is 2.62. The Hall–Kier alpha value is -1.65. The molecule has 1 aromatic heterocycles. The smallest absolute Gasteiger partial charge is 0.410 e. The van der Waals surface area contributed by atoms with E-state index in [9.17, 15) is 4.79 Å². The van der Waals surface area contributed by atoms with Crippen LogP contribution in [0.2, 0.25) is 0 Å². The first-order valence-electron chi connectivity index (χ1n) is 7.55. The Kier molecular flexibility index (Phi) is 4.49. The molecule has 0 N–H and O–H groups in total. The molecule has 116 valence electrons. The summed E-state index contributed by atoms with van der Waals surface area (Å²) in [5.41, 5.74) is 1.50. The Morgan fingerprint density at radius 1 is 1.29 bits per heavy atom. The third kappa shape index (κ3) is 4.41. The number of amides is 1. The average Bonchev–Trinajstić information content (AvgIpc) is 2.36. The summed E-state index contributed by atoms with van der Waals surface area (Å²) in [6.45, 7) is 11.0. The predicted octanol–water partition coefficient (Wildman–Crippen LogP) is 3.21. The summed E-state index contributed by atoms with van der Waals surface area (Å²) in [7, 11) is 0. The summed E-state index contributed by atoms with van der Waals surface area (Å²) in [5, 5.41) is 0. The largest absolute Gasteiger partial charge is 0.444 e. The molecule has 1 atom stereocenters. The van der Waals surface area contributed by atoms with E-state index in [1.807, 2.05) is 40.7 Å². The summed E-state index contributed by atoms with van der Waals surface area (Å²) in [5.74, 6) is 1.05. The highest BCUT2D eigenvalue weighted by Crippen LogP contribution is 2.26. The summed E-state index contributed by atoms with van der Waals surface area (Å²) < 4.78 is 5.46. The highest BCUT2D eigenvalue weighted by molar-refractivity contribution is 5.68. The van der Waals surface area contributed by atoms with Crippen LogP contribution < -0.4 is 0 Å². The van der Waals surface area contributed by atoms with E-state index < -0.39 is 5.60 Å². The quantitative estimate of drug-likeness (QED) is 0.797. The maximum atomic E-state index is 12.2. The SMILES string of the molecule is Cc1cc(C)nc([C@@H]2CCCN(C(=O)OC(C)(C)C)C2)n1. The van der Waals surface area contributed by atoms with Crippen molar-refractivity contribution in [3.05, 3.63) is 23.3 Å². The molecule has 5 heteroatoms. The number of piperidine rings is 1. The Bertz CT molecular complexity index is 502. The molecule has 1 saturated heterocycles. The minimum atomic E-state index is -0.458. The van der Waals surface area contributed by atoms with Crippen molar-refractivity contribution >= 4 is 6.09 Å². The molecule has 21 heavy (non-hydrogen) atoms. The van der Waals surface area contributed by atoms with Gasteiger partial charge in [-0.25, -0.2) is 14.8 Å². The zero-order valence-electron chi connectivity index (χ0n) is 13.6. The van der Waals surface area contributed by atoms with Crippen LogP contribution in [-0.2, 0) is 4.74 Å². The van der Waals surface area contributed by atoms with E-state index in [4.69, 9.17) is 4.74 Å². The second kappa shape index (κ2) is 6.00. The van der Waals surface area contributed by atoms with Gasteiger partial charge in [0.05, 0.1) is 0 Å². The van der Waals surface area contributed by atoms with Gasteiger partial charge in [-0.05, 0) is 53.5 Å². The maximum absolute atomic E-state index is 12.2. The Morgan fingerprint density at radius 2 is 1.90 bits per heavy atom. The molecule has 2 rings (SSSR count). The lowest BCUT2D eigenvalue weighted by Gasteiger charge is -2.33. The van der Waals surface area contributed by atoms with Crippen molar-refractivity contribution < 1.29 is 9.53 Å². The van der Waals surface area contributed by atoms with Crippen LogP contribution in [0, 0.1) is 13.8 Å². The molecular weight excluding hydrogens is 266 g/mol. The lowest BCUT2D eigenvalue weighted by Crippen LogP contribution is -2.42. The van der Waals surface area contributed by atoms with E-state index in [0.29, 0.717) is 6.54 Å². The van der Waals surface area contributed by atoms with E-state index in [1.54, 1.807) is 4.90 Å². The summed E-state index contributed by atoms with van der Waals surface area (Å²) >= 11 is 0. The van der Waals surface area contributed by atoms with E-state index in [1.165, 1.54) is 0 Å². The maximum Gasteiger partial charge on any atom is 0.410 e. The van der Waals surface area contributed by atoms with Gasteiger partial charge in [0.25, 0.3) is 0 Å². The third-order valence-corrected chi connectivity index (χ3v) is 3.44. The van der Waals surface area contributed by atoms with Crippen molar-refractivity contribution in [1.82, 2.24) is 14.9 Å². The number of rotatable bonds is 1. The first kappa shape index (κ1) is 15.7. The molecule has 0 spiro atoms. The highest BCUT2D eigenvalue weighted by atomic mass is 16.6. The van der Waals surface area contributed by atoms with Gasteiger partial charge in [0, 0.05) is 30.4 Å². The van der Waals surface area contributed by atoms with Crippen LogP contribution in [0.4, 0.5) is 4.79 Å². The van der Waals surface area contributed by atoms with Gasteiger partial charge in [-0.1, -0.05) is 0 Å². The van der Waals surface area contributed by atoms with E-state index in [2.05, 4.69) is 9.97 Å². The van der Waals surface area contributed by atoms with Crippen LogP contribution in [0.5, 0.6) is 0 Å². The van der Waals surface area contributed by atoms with Crippen molar-refractivity contribution in [3.63, 3.8) is 0 Å². The van der Waals surface area contributed by atoms with Crippen molar-refractivity contribution in [3.8, 4) is 0 Å². The molecule has 1 amide bonds. The monoisotopic (exact) mass is 291 g/mol. The van der Waals surface area contributed by atoms with Gasteiger partial charge >= 0.3 is 6.09 Å². The molecule has 0 aliphatic carbocycles. The van der Waals surface area contributed by atoms with Gasteiger partial charge in [0.1, 0.15) is 11.4 Å². The van der Waals surface area contributed by atoms with Gasteiger partial charge in [-0.15, -0.1) is 0 Å². The zero-order chi connectivity index (χ0) is 15.6. The van der Waals surface area contributed by atoms with Gasteiger partial charge in [0.2, 0.25) is 0 Å². The Morgan fingerprint density at radius 3 is 2.48 bits per heavy atom. The van der Waals surface area contributed by atoms with Gasteiger partial charge in [-0.2, -0.15) is 0 Å². The minimum absolute atomic E-state index is 0.199. The van der Waals surface area contributed by atoms with E-state index in [0.717, 1.165) is 36.6 Å². The predicted molar refractivity (Wildman–Crippen MR) is 81.3 cm³/mol. The summed E-state index contributed by atoms with van der Waals surface area (Å²) in [6, 6.07) is 1.97. The van der Waals surface area contributed by atoms with Gasteiger partial charge in [0.15, 0.2) is 0 Å². The number of hydrogen-bond donors (Lipinski definition) is 0. The lowest BCUT2D eigenvalue weighted by molar-refractivity contribution is 0.0196. The third-order valence-electron chi connectivity index (χ3n) is 3.44. The molecule has 0 unspecified atom stereocenters.